The van der Waals surface area contributed by atoms with E-state index in [1.165, 1.54) is 24.3 Å². The summed E-state index contributed by atoms with van der Waals surface area (Å²) in [5, 5.41) is 3.26. The Kier molecular flexibility index (Phi) is 8.52. The van der Waals surface area contributed by atoms with Gasteiger partial charge in [0.05, 0.1) is 6.42 Å². The van der Waals surface area contributed by atoms with E-state index >= 15 is 0 Å². The summed E-state index contributed by atoms with van der Waals surface area (Å²) in [6.07, 6.45) is 2.04. The summed E-state index contributed by atoms with van der Waals surface area (Å²) < 4.78 is 15.2. The van der Waals surface area contributed by atoms with Crippen LogP contribution in [0.4, 0.5) is 0 Å². The summed E-state index contributed by atoms with van der Waals surface area (Å²) in [6, 6.07) is 5.80. The first-order valence-electron chi connectivity index (χ1n) is 9.31. The minimum Gasteiger partial charge on any atom is -0.404 e. The Morgan fingerprint density at radius 2 is 1.67 bits per heavy atom. The van der Waals surface area contributed by atoms with Gasteiger partial charge in [-0.15, -0.1) is 5.06 Å². The number of amides is 3. The zero-order valence-corrected chi connectivity index (χ0v) is 17.0. The monoisotopic (exact) mass is 442 g/mol. The van der Waals surface area contributed by atoms with Crippen molar-refractivity contribution in [3.8, 4) is 5.75 Å². The first kappa shape index (κ1) is 23.5. The molecular weight excluding hydrogens is 419 g/mol. The average molecular weight is 442 g/mol. The number of hydrogen-bond donors (Lipinski definition) is 3. The molecule has 0 aliphatic carbocycles. The Bertz CT molecular complexity index is 819. The smallest absolute Gasteiger partial charge is 0.404 e. The molecule has 2 rings (SSSR count). The highest BCUT2D eigenvalue weighted by atomic mass is 31.2. The molecule has 0 unspecified atom stereocenters. The van der Waals surface area contributed by atoms with Gasteiger partial charge in [-0.1, -0.05) is 18.6 Å². The molecule has 1 saturated heterocycles. The maximum absolute atomic E-state index is 11.9. The summed E-state index contributed by atoms with van der Waals surface area (Å²) in [7, 11) is -4.61. The first-order valence-corrected chi connectivity index (χ1v) is 10.8. The lowest BCUT2D eigenvalue weighted by molar-refractivity contribution is -0.197. The molecule has 0 spiro atoms. The lowest BCUT2D eigenvalue weighted by Crippen LogP contribution is -2.32. The molecule has 30 heavy (non-hydrogen) atoms. The van der Waals surface area contributed by atoms with Crippen LogP contribution >= 0.6 is 7.82 Å². The van der Waals surface area contributed by atoms with E-state index in [-0.39, 0.29) is 37.3 Å². The van der Waals surface area contributed by atoms with Gasteiger partial charge in [-0.3, -0.25) is 24.2 Å². The van der Waals surface area contributed by atoms with E-state index in [1.807, 2.05) is 0 Å². The Morgan fingerprint density at radius 1 is 1.03 bits per heavy atom. The van der Waals surface area contributed by atoms with Crippen LogP contribution in [0, 0.1) is 0 Å². The van der Waals surface area contributed by atoms with Gasteiger partial charge in [0.1, 0.15) is 5.75 Å². The van der Waals surface area contributed by atoms with Crippen LogP contribution in [0.2, 0.25) is 0 Å². The van der Waals surface area contributed by atoms with Crippen molar-refractivity contribution in [1.29, 1.82) is 0 Å². The second-order valence-corrected chi connectivity index (χ2v) is 7.77. The van der Waals surface area contributed by atoms with Gasteiger partial charge in [0.25, 0.3) is 11.8 Å². The number of benzene rings is 1. The minimum absolute atomic E-state index is 0.00415. The van der Waals surface area contributed by atoms with Crippen molar-refractivity contribution in [2.24, 2.45) is 0 Å². The molecule has 0 aromatic heterocycles. The van der Waals surface area contributed by atoms with Gasteiger partial charge in [0, 0.05) is 25.8 Å². The molecule has 1 aliphatic heterocycles. The molecule has 1 heterocycles. The van der Waals surface area contributed by atoms with Crippen LogP contribution in [-0.4, -0.2) is 45.1 Å². The van der Waals surface area contributed by atoms with Gasteiger partial charge in [-0.25, -0.2) is 9.36 Å². The van der Waals surface area contributed by atoms with E-state index in [1.54, 1.807) is 0 Å². The van der Waals surface area contributed by atoms with Gasteiger partial charge in [-0.05, 0) is 30.5 Å². The predicted molar refractivity (Wildman–Crippen MR) is 101 cm³/mol. The molecule has 12 heteroatoms. The van der Waals surface area contributed by atoms with Crippen LogP contribution in [0.1, 0.15) is 44.1 Å². The number of phosphoric ester groups is 1. The van der Waals surface area contributed by atoms with Crippen molar-refractivity contribution in [2.75, 3.05) is 6.54 Å². The average Bonchev–Trinajstić information content (AvgIpc) is 2.97. The van der Waals surface area contributed by atoms with Crippen LogP contribution in [0.15, 0.2) is 24.3 Å². The quantitative estimate of drug-likeness (QED) is 0.258. The van der Waals surface area contributed by atoms with Gasteiger partial charge in [0.2, 0.25) is 5.91 Å². The highest BCUT2D eigenvalue weighted by Gasteiger charge is 2.32. The fraction of sp³-hybridized carbons (Fsp3) is 0.444. The predicted octanol–water partition coefficient (Wildman–Crippen LogP) is 0.984. The van der Waals surface area contributed by atoms with E-state index in [0.29, 0.717) is 36.4 Å². The van der Waals surface area contributed by atoms with E-state index in [9.17, 15) is 23.7 Å². The van der Waals surface area contributed by atoms with Crippen molar-refractivity contribution >= 4 is 31.5 Å². The third-order valence-electron chi connectivity index (χ3n) is 4.09. The van der Waals surface area contributed by atoms with Crippen molar-refractivity contribution in [3.05, 3.63) is 29.8 Å². The van der Waals surface area contributed by atoms with Crippen LogP contribution < -0.4 is 9.84 Å². The maximum Gasteiger partial charge on any atom is 0.524 e. The molecule has 1 aromatic carbocycles. The van der Waals surface area contributed by atoms with Crippen molar-refractivity contribution in [1.82, 2.24) is 10.4 Å². The van der Waals surface area contributed by atoms with Gasteiger partial charge >= 0.3 is 13.8 Å². The van der Waals surface area contributed by atoms with E-state index in [2.05, 4.69) is 9.84 Å². The molecule has 3 N–H and O–H groups in total. The molecule has 3 amide bonds. The molecule has 0 atom stereocenters. The largest absolute Gasteiger partial charge is 0.524 e. The summed E-state index contributed by atoms with van der Waals surface area (Å²) in [5.74, 6) is -1.89. The molecule has 164 valence electrons. The summed E-state index contributed by atoms with van der Waals surface area (Å²) >= 11 is 0. The van der Waals surface area contributed by atoms with Crippen LogP contribution in [0.25, 0.3) is 0 Å². The van der Waals surface area contributed by atoms with Gasteiger partial charge in [-0.2, -0.15) is 0 Å². The number of unbranched alkanes of at least 4 members (excludes halogenated alkanes) is 2. The highest BCUT2D eigenvalue weighted by Crippen LogP contribution is 2.37. The maximum atomic E-state index is 11.9. The summed E-state index contributed by atoms with van der Waals surface area (Å²) in [4.78, 5) is 68.5. The molecule has 1 aromatic rings. The van der Waals surface area contributed by atoms with E-state index < -0.39 is 25.6 Å². The Hall–Kier alpha value is -2.75. The third-order valence-corrected chi connectivity index (χ3v) is 4.54. The van der Waals surface area contributed by atoms with E-state index in [0.717, 1.165) is 0 Å². The number of imide groups is 1. The number of carbonyl (C=O) groups is 4. The number of rotatable bonds is 11. The summed E-state index contributed by atoms with van der Waals surface area (Å²) in [6.45, 7) is 0.413. The Balaban J connectivity index is 1.56. The second-order valence-electron chi connectivity index (χ2n) is 6.61. The fourth-order valence-electron chi connectivity index (χ4n) is 2.66. The first-order chi connectivity index (χ1) is 14.1. The second kappa shape index (κ2) is 10.9. The van der Waals surface area contributed by atoms with Gasteiger partial charge in [0.15, 0.2) is 0 Å². The van der Waals surface area contributed by atoms with Crippen molar-refractivity contribution in [2.45, 2.75) is 44.9 Å². The Labute approximate surface area is 172 Å². The number of phosphoric acid groups is 1. The molecule has 11 nitrogen and oxygen atoms in total. The van der Waals surface area contributed by atoms with Gasteiger partial charge < -0.3 is 14.7 Å². The van der Waals surface area contributed by atoms with E-state index in [4.69, 9.17) is 14.6 Å². The van der Waals surface area contributed by atoms with Crippen LogP contribution in [0.3, 0.4) is 0 Å². The Morgan fingerprint density at radius 3 is 2.27 bits per heavy atom. The minimum atomic E-state index is -4.61. The number of hydrogen-bond acceptors (Lipinski definition) is 7. The van der Waals surface area contributed by atoms with Crippen LogP contribution in [-0.2, 0) is 35.0 Å². The molecule has 1 aliphatic rings. The van der Waals surface area contributed by atoms with Crippen molar-refractivity contribution in [3.63, 3.8) is 0 Å². The van der Waals surface area contributed by atoms with Crippen LogP contribution in [0.5, 0.6) is 5.75 Å². The van der Waals surface area contributed by atoms with Crippen molar-refractivity contribution < 1.29 is 42.9 Å². The number of nitrogens with one attached hydrogen (secondary N) is 1. The number of nitrogens with zero attached hydrogens (tertiary/aromatic N) is 1. The topological polar surface area (TPSA) is 160 Å². The number of carbonyl (C=O) groups excluding carboxylic acids is 4. The normalized spacial score (nSPS) is 14.0. The molecule has 0 saturated carbocycles. The molecule has 0 radical (unpaired) electrons. The summed E-state index contributed by atoms with van der Waals surface area (Å²) in [5.41, 5.74) is 0.652. The highest BCUT2D eigenvalue weighted by molar-refractivity contribution is 7.46. The zero-order chi connectivity index (χ0) is 22.1. The lowest BCUT2D eigenvalue weighted by atomic mass is 10.1. The molecule has 1 fully saturated rings. The fourth-order valence-corrected chi connectivity index (χ4v) is 3.05. The lowest BCUT2D eigenvalue weighted by Gasteiger charge is -2.12. The molecular formula is C18H23N2O9P. The SMILES string of the molecule is O=C(Cc1ccc(OP(=O)(O)O)cc1)NCCCCCC(=O)ON1C(=O)CCC1=O. The zero-order valence-electron chi connectivity index (χ0n) is 16.1. The standard InChI is InChI=1S/C18H23N2O9P/c21-15(12-13-5-7-14(8-6-13)29-30(25,26)27)19-11-3-1-2-4-18(24)28-20-16(22)9-10-17(20)23/h5-8H,1-4,9-12H2,(H,19,21)(H2,25,26,27). The molecule has 0 bridgehead atoms. The number of hydroxylamine groups is 2. The third kappa shape index (κ3) is 8.32.